The van der Waals surface area contributed by atoms with Gasteiger partial charge in [-0.1, -0.05) is 5.10 Å². The highest BCUT2D eigenvalue weighted by atomic mass is 19.4. The fraction of sp³-hybridized carbons (Fsp3) is 0.462. The minimum absolute atomic E-state index is 0.0258. The summed E-state index contributed by atoms with van der Waals surface area (Å²) >= 11 is 0. The topological polar surface area (TPSA) is 67.7 Å². The lowest BCUT2D eigenvalue weighted by molar-refractivity contribution is -0.143. The van der Waals surface area contributed by atoms with Crippen LogP contribution < -0.4 is 10.6 Å². The van der Waals surface area contributed by atoms with Crippen molar-refractivity contribution in [3.63, 3.8) is 0 Å². The number of aromatic nitrogens is 4. The van der Waals surface area contributed by atoms with Gasteiger partial charge in [-0.3, -0.25) is 0 Å². The van der Waals surface area contributed by atoms with Crippen LogP contribution in [0.4, 0.5) is 32.3 Å². The van der Waals surface area contributed by atoms with Gasteiger partial charge in [0.1, 0.15) is 0 Å². The summed E-state index contributed by atoms with van der Waals surface area (Å²) in [6, 6.07) is 1.43. The molecule has 1 aliphatic heterocycles. The molecule has 0 aliphatic carbocycles. The predicted octanol–water partition coefficient (Wildman–Crippen LogP) is 2.47. The minimum Gasteiger partial charge on any atom is -0.348 e. The summed E-state index contributed by atoms with van der Waals surface area (Å²) in [5, 5.41) is 17.0. The maximum absolute atomic E-state index is 12.8. The normalized spacial score (nSPS) is 15.9. The van der Waals surface area contributed by atoms with E-state index in [1.807, 2.05) is 0 Å². The van der Waals surface area contributed by atoms with E-state index in [-0.39, 0.29) is 30.2 Å². The van der Waals surface area contributed by atoms with Crippen LogP contribution in [0, 0.1) is 0 Å². The van der Waals surface area contributed by atoms with Crippen LogP contribution in [-0.4, -0.2) is 33.3 Å². The van der Waals surface area contributed by atoms with E-state index in [0.29, 0.717) is 25.2 Å². The second-order valence-corrected chi connectivity index (χ2v) is 5.51. The van der Waals surface area contributed by atoms with E-state index in [1.54, 1.807) is 0 Å². The van der Waals surface area contributed by atoms with Crippen molar-refractivity contribution in [3.05, 3.63) is 34.9 Å². The summed E-state index contributed by atoms with van der Waals surface area (Å²) in [4.78, 5) is 1.34. The van der Waals surface area contributed by atoms with Crippen LogP contribution in [0.5, 0.6) is 0 Å². The number of hydrogen-bond donors (Lipinski definition) is 2. The first-order chi connectivity index (χ1) is 11.6. The Morgan fingerprint density at radius 2 is 1.64 bits per heavy atom. The zero-order chi connectivity index (χ0) is 18.2. The highest BCUT2D eigenvalue weighted by Crippen LogP contribution is 2.36. The molecule has 25 heavy (non-hydrogen) atoms. The van der Waals surface area contributed by atoms with Gasteiger partial charge in [-0.25, -0.2) is 0 Å². The molecular weight excluding hydrogens is 354 g/mol. The van der Waals surface area contributed by atoms with E-state index >= 15 is 0 Å². The molecule has 0 amide bonds. The Kier molecular flexibility index (Phi) is 4.31. The third-order valence-electron chi connectivity index (χ3n) is 3.61. The molecule has 0 spiro atoms. The van der Waals surface area contributed by atoms with Crippen molar-refractivity contribution in [2.75, 3.05) is 18.4 Å². The van der Waals surface area contributed by atoms with Crippen LogP contribution in [0.15, 0.2) is 18.2 Å². The van der Waals surface area contributed by atoms with Gasteiger partial charge < -0.3 is 10.6 Å². The van der Waals surface area contributed by atoms with Crippen molar-refractivity contribution in [3.8, 4) is 0 Å². The zero-order valence-electron chi connectivity index (χ0n) is 12.5. The van der Waals surface area contributed by atoms with Gasteiger partial charge in [0.15, 0.2) is 0 Å². The van der Waals surface area contributed by atoms with E-state index < -0.39 is 23.5 Å². The molecule has 2 heterocycles. The molecule has 1 aliphatic rings. The van der Waals surface area contributed by atoms with Crippen LogP contribution in [-0.2, 0) is 18.9 Å². The average Bonchev–Trinajstić information content (AvgIpc) is 2.89. The van der Waals surface area contributed by atoms with Crippen LogP contribution in [0.2, 0.25) is 0 Å². The largest absolute Gasteiger partial charge is 0.416 e. The molecule has 0 bridgehead atoms. The maximum atomic E-state index is 12.8. The summed E-state index contributed by atoms with van der Waals surface area (Å²) in [7, 11) is 0. The van der Waals surface area contributed by atoms with E-state index in [9.17, 15) is 26.3 Å². The number of halogens is 6. The standard InChI is InChI=1S/C13H12F6N6/c14-12(15,16)8-1-7(2-9(3-8)13(17,18)19)4-21-11-22-24-25(23-11)10-5-20-6-10/h1-3,10,20H,4-6H2,(H,21,23). The monoisotopic (exact) mass is 366 g/mol. The zero-order valence-corrected chi connectivity index (χ0v) is 12.5. The van der Waals surface area contributed by atoms with Gasteiger partial charge in [0, 0.05) is 19.6 Å². The Labute approximate surface area is 137 Å². The van der Waals surface area contributed by atoms with Crippen LogP contribution >= 0.6 is 0 Å². The molecule has 1 aromatic heterocycles. The molecule has 0 unspecified atom stereocenters. The van der Waals surface area contributed by atoms with Crippen molar-refractivity contribution in [1.82, 2.24) is 25.5 Å². The molecule has 12 heteroatoms. The van der Waals surface area contributed by atoms with Gasteiger partial charge in [-0.05, 0) is 29.0 Å². The van der Waals surface area contributed by atoms with E-state index in [4.69, 9.17) is 0 Å². The molecule has 136 valence electrons. The van der Waals surface area contributed by atoms with Crippen molar-refractivity contribution < 1.29 is 26.3 Å². The lowest BCUT2D eigenvalue weighted by Gasteiger charge is -2.24. The van der Waals surface area contributed by atoms with Gasteiger partial charge in [0.25, 0.3) is 5.95 Å². The SMILES string of the molecule is FC(F)(F)c1cc(CNc2nnn(C3CNC3)n2)cc(C(F)(F)F)c1. The first kappa shape index (κ1) is 17.5. The summed E-state index contributed by atoms with van der Waals surface area (Å²) < 4.78 is 76.8. The number of tetrazole rings is 1. The fourth-order valence-electron chi connectivity index (χ4n) is 2.19. The summed E-state index contributed by atoms with van der Waals surface area (Å²) in [6.07, 6.45) is -9.76. The highest BCUT2D eigenvalue weighted by molar-refractivity contribution is 5.35. The van der Waals surface area contributed by atoms with E-state index in [2.05, 4.69) is 26.0 Å². The maximum Gasteiger partial charge on any atom is 0.416 e. The van der Waals surface area contributed by atoms with Crippen LogP contribution in [0.1, 0.15) is 22.7 Å². The molecular formula is C13H12F6N6. The lowest BCUT2D eigenvalue weighted by Crippen LogP contribution is -2.44. The third-order valence-corrected chi connectivity index (χ3v) is 3.61. The molecule has 2 aromatic rings. The van der Waals surface area contributed by atoms with Gasteiger partial charge in [-0.15, -0.1) is 5.10 Å². The Hall–Kier alpha value is -2.37. The number of benzene rings is 1. The Balaban J connectivity index is 1.77. The lowest BCUT2D eigenvalue weighted by atomic mass is 10.0. The van der Waals surface area contributed by atoms with Gasteiger partial charge >= 0.3 is 12.4 Å². The van der Waals surface area contributed by atoms with Crippen molar-refractivity contribution in [2.45, 2.75) is 24.9 Å². The molecule has 2 N–H and O–H groups in total. The Bertz CT molecular complexity index is 716. The first-order valence-corrected chi connectivity index (χ1v) is 7.15. The van der Waals surface area contributed by atoms with Crippen LogP contribution in [0.3, 0.4) is 0 Å². The number of alkyl halides is 6. The number of nitrogens with one attached hydrogen (secondary N) is 2. The molecule has 3 rings (SSSR count). The molecule has 0 atom stereocenters. The van der Waals surface area contributed by atoms with Crippen molar-refractivity contribution >= 4 is 5.95 Å². The number of rotatable bonds is 4. The van der Waals surface area contributed by atoms with Gasteiger partial charge in [0.05, 0.1) is 17.2 Å². The number of nitrogens with zero attached hydrogens (tertiary/aromatic N) is 4. The smallest absolute Gasteiger partial charge is 0.348 e. The van der Waals surface area contributed by atoms with Crippen molar-refractivity contribution in [2.24, 2.45) is 0 Å². The summed E-state index contributed by atoms with van der Waals surface area (Å²) in [5.41, 5.74) is -2.92. The fourth-order valence-corrected chi connectivity index (χ4v) is 2.19. The first-order valence-electron chi connectivity index (χ1n) is 7.15. The van der Waals surface area contributed by atoms with Crippen molar-refractivity contribution in [1.29, 1.82) is 0 Å². The quantitative estimate of drug-likeness (QED) is 0.814. The highest BCUT2D eigenvalue weighted by Gasteiger charge is 2.36. The number of hydrogen-bond acceptors (Lipinski definition) is 5. The molecule has 0 radical (unpaired) electrons. The second kappa shape index (κ2) is 6.17. The molecule has 0 saturated carbocycles. The van der Waals surface area contributed by atoms with E-state index in [1.165, 1.54) is 4.80 Å². The number of anilines is 1. The summed E-state index contributed by atoms with van der Waals surface area (Å²) in [6.45, 7) is 1.03. The predicted molar refractivity (Wildman–Crippen MR) is 73.5 cm³/mol. The molecule has 1 saturated heterocycles. The van der Waals surface area contributed by atoms with Crippen LogP contribution in [0.25, 0.3) is 0 Å². The molecule has 1 fully saturated rings. The molecule has 6 nitrogen and oxygen atoms in total. The Morgan fingerprint density at radius 1 is 1.04 bits per heavy atom. The Morgan fingerprint density at radius 3 is 2.12 bits per heavy atom. The third kappa shape index (κ3) is 4.00. The second-order valence-electron chi connectivity index (χ2n) is 5.51. The van der Waals surface area contributed by atoms with Gasteiger partial charge in [0.2, 0.25) is 0 Å². The van der Waals surface area contributed by atoms with E-state index in [0.717, 1.165) is 0 Å². The average molecular weight is 366 g/mol. The minimum atomic E-state index is -4.88. The summed E-state index contributed by atoms with van der Waals surface area (Å²) in [5.74, 6) is 0.0258. The van der Waals surface area contributed by atoms with Gasteiger partial charge in [-0.2, -0.15) is 31.1 Å². The molecule has 1 aromatic carbocycles.